The van der Waals surface area contributed by atoms with Gasteiger partial charge in [0.1, 0.15) is 0 Å². The average molecular weight is 460 g/mol. The molecule has 0 aromatic heterocycles. The summed E-state index contributed by atoms with van der Waals surface area (Å²) >= 11 is 7.51. The molecule has 0 unspecified atom stereocenters. The Labute approximate surface area is 183 Å². The molecule has 1 saturated carbocycles. The van der Waals surface area contributed by atoms with Crippen LogP contribution in [0.25, 0.3) is 0 Å². The number of benzene rings is 1. The molecule has 1 saturated heterocycles. The van der Waals surface area contributed by atoms with E-state index in [1.165, 1.54) is 10.7 Å². The Kier molecular flexibility index (Phi) is 8.27. The largest absolute Gasteiger partial charge is 0.340 e. The van der Waals surface area contributed by atoms with Crippen LogP contribution in [0.5, 0.6) is 0 Å². The van der Waals surface area contributed by atoms with Gasteiger partial charge in [-0.15, -0.1) is 11.8 Å². The predicted octanol–water partition coefficient (Wildman–Crippen LogP) is 3.48. The molecule has 9 heteroatoms. The third-order valence-electron chi connectivity index (χ3n) is 5.77. The van der Waals surface area contributed by atoms with Gasteiger partial charge in [0, 0.05) is 61.4 Å². The van der Waals surface area contributed by atoms with E-state index in [4.69, 9.17) is 11.6 Å². The highest BCUT2D eigenvalue weighted by molar-refractivity contribution is 7.99. The van der Waals surface area contributed by atoms with Crippen LogP contribution in [0.4, 0.5) is 0 Å². The minimum atomic E-state index is -3.45. The van der Waals surface area contributed by atoms with Gasteiger partial charge in [-0.3, -0.25) is 4.79 Å². The van der Waals surface area contributed by atoms with Crippen LogP contribution < -0.4 is 0 Å². The van der Waals surface area contributed by atoms with E-state index < -0.39 is 10.2 Å². The Hall–Kier alpha value is -0.800. The van der Waals surface area contributed by atoms with Crippen molar-refractivity contribution in [1.29, 1.82) is 0 Å². The monoisotopic (exact) mass is 459 g/mol. The summed E-state index contributed by atoms with van der Waals surface area (Å²) in [5, 5.41) is 0.701. The van der Waals surface area contributed by atoms with Crippen LogP contribution in [0, 0.1) is 0 Å². The summed E-state index contributed by atoms with van der Waals surface area (Å²) in [6, 6.07) is 7.69. The van der Waals surface area contributed by atoms with Gasteiger partial charge in [0.05, 0.1) is 0 Å². The van der Waals surface area contributed by atoms with Gasteiger partial charge in [-0.05, 0) is 37.1 Å². The summed E-state index contributed by atoms with van der Waals surface area (Å²) in [4.78, 5) is 15.4. The lowest BCUT2D eigenvalue weighted by atomic mass is 9.96. The fourth-order valence-electron chi connectivity index (χ4n) is 3.93. The van der Waals surface area contributed by atoms with Crippen LogP contribution in [0.15, 0.2) is 29.2 Å². The van der Waals surface area contributed by atoms with Gasteiger partial charge in [-0.1, -0.05) is 30.9 Å². The van der Waals surface area contributed by atoms with Crippen LogP contribution in [0.3, 0.4) is 0 Å². The van der Waals surface area contributed by atoms with Gasteiger partial charge in [0.15, 0.2) is 0 Å². The minimum absolute atomic E-state index is 0.0872. The molecular weight excluding hydrogens is 430 g/mol. The number of hydrogen-bond acceptors (Lipinski definition) is 4. The van der Waals surface area contributed by atoms with E-state index in [2.05, 4.69) is 0 Å². The van der Waals surface area contributed by atoms with E-state index >= 15 is 0 Å². The van der Waals surface area contributed by atoms with E-state index in [1.54, 1.807) is 28.0 Å². The molecule has 2 fully saturated rings. The van der Waals surface area contributed by atoms with Gasteiger partial charge in [-0.25, -0.2) is 0 Å². The van der Waals surface area contributed by atoms with Crippen molar-refractivity contribution < 1.29 is 13.2 Å². The molecule has 0 atom stereocenters. The zero-order chi connectivity index (χ0) is 20.9. The summed E-state index contributed by atoms with van der Waals surface area (Å²) in [6.07, 6.45) is 5.73. The number of amides is 1. The zero-order valence-electron chi connectivity index (χ0n) is 16.9. The van der Waals surface area contributed by atoms with Crippen LogP contribution >= 0.6 is 23.4 Å². The molecule has 3 rings (SSSR count). The Morgan fingerprint density at radius 1 is 1.10 bits per heavy atom. The van der Waals surface area contributed by atoms with Gasteiger partial charge >= 0.3 is 0 Å². The molecule has 1 aliphatic heterocycles. The first-order valence-corrected chi connectivity index (χ1v) is 13.0. The van der Waals surface area contributed by atoms with E-state index in [0.717, 1.165) is 30.6 Å². The molecule has 1 amide bonds. The number of carbonyl (C=O) groups is 1. The van der Waals surface area contributed by atoms with E-state index in [0.29, 0.717) is 43.4 Å². The topological polar surface area (TPSA) is 60.9 Å². The van der Waals surface area contributed by atoms with Crippen molar-refractivity contribution in [2.75, 3.05) is 39.0 Å². The van der Waals surface area contributed by atoms with Crippen LogP contribution in [-0.2, 0) is 15.0 Å². The third kappa shape index (κ3) is 6.10. The molecule has 1 aliphatic carbocycles. The van der Waals surface area contributed by atoms with Gasteiger partial charge in [0.2, 0.25) is 5.91 Å². The highest BCUT2D eigenvalue weighted by Crippen LogP contribution is 2.25. The molecule has 1 aromatic carbocycles. The molecular formula is C20H30ClN3O3S2. The number of carbonyl (C=O) groups excluding carboxylic acids is 1. The molecule has 0 spiro atoms. The summed E-state index contributed by atoms with van der Waals surface area (Å²) in [5.41, 5.74) is 0. The Morgan fingerprint density at radius 2 is 1.72 bits per heavy atom. The number of hydrogen-bond donors (Lipinski definition) is 0. The highest BCUT2D eigenvalue weighted by Gasteiger charge is 2.35. The molecule has 6 nitrogen and oxygen atoms in total. The predicted molar refractivity (Wildman–Crippen MR) is 119 cm³/mol. The minimum Gasteiger partial charge on any atom is -0.340 e. The molecule has 2 aliphatic rings. The second-order valence-electron chi connectivity index (χ2n) is 7.65. The lowest BCUT2D eigenvalue weighted by molar-refractivity contribution is -0.131. The molecule has 0 radical (unpaired) electrons. The van der Waals surface area contributed by atoms with Crippen molar-refractivity contribution >= 4 is 39.5 Å². The maximum absolute atomic E-state index is 12.9. The molecule has 0 N–H and O–H groups in total. The number of rotatable bonds is 7. The first-order chi connectivity index (χ1) is 13.9. The summed E-state index contributed by atoms with van der Waals surface area (Å²) in [5.74, 6) is 0.785. The van der Waals surface area contributed by atoms with E-state index in [1.807, 2.05) is 24.3 Å². The molecule has 0 bridgehead atoms. The normalized spacial score (nSPS) is 19.6. The fraction of sp³-hybridized carbons (Fsp3) is 0.650. The van der Waals surface area contributed by atoms with Crippen molar-refractivity contribution in [3.8, 4) is 0 Å². The standard InChI is InChI=1S/C20H30ClN3O3S2/c1-22(18-5-3-2-4-6-18)29(26,27)24-14-12-23(13-15-24)20(25)11-16-28-19-9-7-17(21)8-10-19/h7-10,18H,2-6,11-16H2,1H3. The summed E-state index contributed by atoms with van der Waals surface area (Å²) in [7, 11) is -1.75. The SMILES string of the molecule is CN(C1CCCCC1)S(=O)(=O)N1CCN(C(=O)CCSc2ccc(Cl)cc2)CC1. The Bertz CT molecular complexity index is 775. The molecule has 162 valence electrons. The van der Waals surface area contributed by atoms with Gasteiger partial charge < -0.3 is 4.90 Å². The fourth-order valence-corrected chi connectivity index (χ4v) is 6.47. The quantitative estimate of drug-likeness (QED) is 0.585. The van der Waals surface area contributed by atoms with E-state index in [9.17, 15) is 13.2 Å². The van der Waals surface area contributed by atoms with E-state index in [-0.39, 0.29) is 11.9 Å². The second kappa shape index (κ2) is 10.5. The maximum Gasteiger partial charge on any atom is 0.282 e. The number of nitrogens with zero attached hydrogens (tertiary/aromatic N) is 3. The third-order valence-corrected chi connectivity index (χ3v) is 9.08. The van der Waals surface area contributed by atoms with Gasteiger partial charge in [0.25, 0.3) is 10.2 Å². The Balaban J connectivity index is 1.44. The van der Waals surface area contributed by atoms with Gasteiger partial charge in [-0.2, -0.15) is 17.0 Å². The first kappa shape index (κ1) is 22.9. The number of piperazine rings is 1. The lowest BCUT2D eigenvalue weighted by Gasteiger charge is -2.38. The average Bonchev–Trinajstić information content (AvgIpc) is 2.75. The van der Waals surface area contributed by atoms with Crippen LogP contribution in [-0.4, -0.2) is 72.9 Å². The second-order valence-corrected chi connectivity index (χ2v) is 11.2. The number of thioether (sulfide) groups is 1. The maximum atomic E-state index is 12.9. The highest BCUT2D eigenvalue weighted by atomic mass is 35.5. The summed E-state index contributed by atoms with van der Waals surface area (Å²) < 4.78 is 29.0. The molecule has 1 heterocycles. The smallest absolute Gasteiger partial charge is 0.282 e. The number of halogens is 1. The van der Waals surface area contributed by atoms with Crippen LogP contribution in [0.1, 0.15) is 38.5 Å². The summed E-state index contributed by atoms with van der Waals surface area (Å²) in [6.45, 7) is 1.66. The molecule has 29 heavy (non-hydrogen) atoms. The first-order valence-electron chi connectivity index (χ1n) is 10.3. The molecule has 1 aromatic rings. The van der Waals surface area contributed by atoms with Crippen molar-refractivity contribution in [1.82, 2.24) is 13.5 Å². The lowest BCUT2D eigenvalue weighted by Crippen LogP contribution is -2.55. The Morgan fingerprint density at radius 3 is 2.34 bits per heavy atom. The van der Waals surface area contributed by atoms with Crippen LogP contribution in [0.2, 0.25) is 5.02 Å². The van der Waals surface area contributed by atoms with Crippen molar-refractivity contribution in [3.63, 3.8) is 0 Å². The van der Waals surface area contributed by atoms with Crippen molar-refractivity contribution in [2.24, 2.45) is 0 Å². The zero-order valence-corrected chi connectivity index (χ0v) is 19.3. The van der Waals surface area contributed by atoms with Crippen molar-refractivity contribution in [3.05, 3.63) is 29.3 Å². The van der Waals surface area contributed by atoms with Crippen molar-refractivity contribution in [2.45, 2.75) is 49.5 Å².